The highest BCUT2D eigenvalue weighted by molar-refractivity contribution is 5.85. The molecule has 0 heterocycles. The Morgan fingerprint density at radius 3 is 1.93 bits per heavy atom. The van der Waals surface area contributed by atoms with E-state index < -0.39 is 79.3 Å². The van der Waals surface area contributed by atoms with Gasteiger partial charge in [-0.1, -0.05) is 0 Å². The number of amides is 1. The van der Waals surface area contributed by atoms with Gasteiger partial charge in [0.15, 0.2) is 12.2 Å². The molecule has 0 rings (SSSR count). The summed E-state index contributed by atoms with van der Waals surface area (Å²) < 4.78 is 4.87. The summed E-state index contributed by atoms with van der Waals surface area (Å²) >= 11 is 0. The lowest BCUT2D eigenvalue weighted by Gasteiger charge is -2.32. The van der Waals surface area contributed by atoms with Crippen LogP contribution in [0.4, 0.5) is 0 Å². The monoisotopic (exact) mass is 442 g/mol. The fourth-order valence-electron chi connectivity index (χ4n) is 2.15. The predicted molar refractivity (Wildman–Crippen MR) is 92.7 cm³/mol. The SMILES string of the molecule is CC(O[C@@H]([C@H](O)[C@H](O)C(=O)O)[C@@H](N)C(=O)N[C@H](C=O)[C@@H](O)[C@H](O)[C@H](O)CO)C(=O)O. The third kappa shape index (κ3) is 7.54. The second-order valence-electron chi connectivity index (χ2n) is 6.28. The van der Waals surface area contributed by atoms with Crippen LogP contribution in [0.25, 0.3) is 0 Å². The molecule has 0 aromatic heterocycles. The van der Waals surface area contributed by atoms with Crippen LogP contribution in [0, 0.1) is 0 Å². The molecule has 15 heteroatoms. The summed E-state index contributed by atoms with van der Waals surface area (Å²) in [7, 11) is 0. The first-order chi connectivity index (χ1) is 13.8. The maximum Gasteiger partial charge on any atom is 0.335 e. The third-order valence-electron chi connectivity index (χ3n) is 4.03. The molecule has 9 atom stereocenters. The third-order valence-corrected chi connectivity index (χ3v) is 4.03. The van der Waals surface area contributed by atoms with Crippen molar-refractivity contribution in [2.45, 2.75) is 61.7 Å². The largest absolute Gasteiger partial charge is 0.479 e. The number of carboxylic acid groups (broad SMARTS) is 2. The molecule has 0 aliphatic carbocycles. The Labute approximate surface area is 169 Å². The highest BCUT2D eigenvalue weighted by Crippen LogP contribution is 2.13. The van der Waals surface area contributed by atoms with Crippen LogP contribution in [-0.2, 0) is 23.9 Å². The van der Waals surface area contributed by atoms with Gasteiger partial charge in [0.1, 0.15) is 48.9 Å². The fourth-order valence-corrected chi connectivity index (χ4v) is 2.15. The van der Waals surface area contributed by atoms with Crippen LogP contribution in [-0.4, -0.2) is 126 Å². The maximum absolute atomic E-state index is 12.3. The molecule has 1 unspecified atom stereocenters. The number of rotatable bonds is 14. The number of hydrogen-bond donors (Lipinski definition) is 10. The van der Waals surface area contributed by atoms with Gasteiger partial charge in [0.25, 0.3) is 0 Å². The number of carbonyl (C=O) groups excluding carboxylic acids is 2. The molecule has 0 aromatic rings. The average Bonchev–Trinajstić information content (AvgIpc) is 2.71. The first-order valence-corrected chi connectivity index (χ1v) is 8.43. The number of aldehydes is 1. The molecule has 0 aliphatic heterocycles. The van der Waals surface area contributed by atoms with Crippen LogP contribution in [0.3, 0.4) is 0 Å². The second-order valence-corrected chi connectivity index (χ2v) is 6.28. The lowest BCUT2D eigenvalue weighted by atomic mass is 9.98. The minimum atomic E-state index is -2.52. The van der Waals surface area contributed by atoms with E-state index in [1.54, 1.807) is 0 Å². The van der Waals surface area contributed by atoms with Crippen molar-refractivity contribution in [3.63, 3.8) is 0 Å². The van der Waals surface area contributed by atoms with E-state index in [1.807, 2.05) is 5.32 Å². The highest BCUT2D eigenvalue weighted by atomic mass is 16.5. The molecule has 11 N–H and O–H groups in total. The molecule has 0 bridgehead atoms. The number of nitrogens with two attached hydrogens (primary N) is 1. The predicted octanol–water partition coefficient (Wildman–Crippen LogP) is -6.26. The molecule has 0 radical (unpaired) electrons. The zero-order valence-electron chi connectivity index (χ0n) is 15.7. The summed E-state index contributed by atoms with van der Waals surface area (Å²) in [6.45, 7) is -0.0238. The summed E-state index contributed by atoms with van der Waals surface area (Å²) in [6, 6.07) is -3.95. The van der Waals surface area contributed by atoms with Gasteiger partial charge in [-0.25, -0.2) is 9.59 Å². The molecular weight excluding hydrogens is 416 g/mol. The van der Waals surface area contributed by atoms with Crippen molar-refractivity contribution in [2.24, 2.45) is 5.73 Å². The van der Waals surface area contributed by atoms with Gasteiger partial charge in [0.05, 0.1) is 6.61 Å². The number of aliphatic hydroxyl groups is 6. The zero-order chi connectivity index (χ0) is 23.8. The molecular formula is C15H26N2O13. The van der Waals surface area contributed by atoms with Crippen molar-refractivity contribution in [3.8, 4) is 0 Å². The topological polar surface area (TPSA) is 277 Å². The summed E-state index contributed by atoms with van der Waals surface area (Å²) in [5, 5.41) is 76.5. The molecule has 0 aromatic carbocycles. The van der Waals surface area contributed by atoms with Crippen LogP contribution in [0.15, 0.2) is 0 Å². The van der Waals surface area contributed by atoms with E-state index in [-0.39, 0.29) is 6.29 Å². The smallest absolute Gasteiger partial charge is 0.335 e. The maximum atomic E-state index is 12.3. The number of nitrogens with one attached hydrogen (secondary N) is 1. The lowest BCUT2D eigenvalue weighted by Crippen LogP contribution is -2.62. The van der Waals surface area contributed by atoms with Gasteiger partial charge in [-0.15, -0.1) is 0 Å². The summed E-state index contributed by atoms with van der Waals surface area (Å²) in [4.78, 5) is 45.3. The Morgan fingerprint density at radius 2 is 1.53 bits per heavy atom. The Morgan fingerprint density at radius 1 is 1.00 bits per heavy atom. The number of hydrogen-bond acceptors (Lipinski definition) is 12. The molecule has 15 nitrogen and oxygen atoms in total. The second kappa shape index (κ2) is 12.5. The van der Waals surface area contributed by atoms with E-state index in [9.17, 15) is 44.7 Å². The Kier molecular flexibility index (Phi) is 11.5. The minimum absolute atomic E-state index is 0.0547. The van der Waals surface area contributed by atoms with Gasteiger partial charge in [-0.05, 0) is 6.92 Å². The van der Waals surface area contributed by atoms with Crippen LogP contribution in [0.2, 0.25) is 0 Å². The molecule has 30 heavy (non-hydrogen) atoms. The summed E-state index contributed by atoms with van der Waals surface area (Å²) in [5.74, 6) is -4.89. The van der Waals surface area contributed by atoms with E-state index in [2.05, 4.69) is 0 Å². The fraction of sp³-hybridized carbons (Fsp3) is 0.733. The van der Waals surface area contributed by atoms with E-state index >= 15 is 0 Å². The van der Waals surface area contributed by atoms with Gasteiger partial charge < -0.3 is 61.4 Å². The number of aliphatic carboxylic acids is 2. The summed E-state index contributed by atoms with van der Waals surface area (Å²) in [5.41, 5.74) is 5.57. The first-order valence-electron chi connectivity index (χ1n) is 8.43. The van der Waals surface area contributed by atoms with Crippen molar-refractivity contribution in [3.05, 3.63) is 0 Å². The van der Waals surface area contributed by atoms with Gasteiger partial charge in [0.2, 0.25) is 5.91 Å². The van der Waals surface area contributed by atoms with E-state index in [0.29, 0.717) is 0 Å². The van der Waals surface area contributed by atoms with Crippen LogP contribution >= 0.6 is 0 Å². The number of carbonyl (C=O) groups is 4. The first kappa shape index (κ1) is 27.8. The van der Waals surface area contributed by atoms with Gasteiger partial charge in [-0.2, -0.15) is 0 Å². The number of carboxylic acids is 2. The molecule has 0 aliphatic rings. The quantitative estimate of drug-likeness (QED) is 0.112. The van der Waals surface area contributed by atoms with Crippen LogP contribution < -0.4 is 11.1 Å². The standard InChI is InChI=1S/C15H26N2O13/c1-4(14(26)27)30-12(10(23)11(24)15(28)29)7(16)13(25)17-5(2-18)8(21)9(22)6(20)3-19/h2,4-12,19-24H,3,16H2,1H3,(H,17,25)(H,26,27)(H,28,29)/t4?,5-,6-,7-,8-,9-,10-,11+,12-/m1/s1. The average molecular weight is 442 g/mol. The highest BCUT2D eigenvalue weighted by Gasteiger charge is 2.41. The summed E-state index contributed by atoms with van der Waals surface area (Å²) in [6.07, 6.45) is -14.8. The lowest BCUT2D eigenvalue weighted by molar-refractivity contribution is -0.175. The van der Waals surface area contributed by atoms with Crippen molar-refractivity contribution in [1.29, 1.82) is 0 Å². The number of aliphatic hydroxyl groups excluding tert-OH is 6. The molecule has 0 spiro atoms. The van der Waals surface area contributed by atoms with Crippen molar-refractivity contribution in [1.82, 2.24) is 5.32 Å². The molecule has 174 valence electrons. The van der Waals surface area contributed by atoms with Crippen LogP contribution in [0.1, 0.15) is 6.92 Å². The Balaban J connectivity index is 5.56. The minimum Gasteiger partial charge on any atom is -0.479 e. The van der Waals surface area contributed by atoms with E-state index in [0.717, 1.165) is 6.92 Å². The Hall–Kier alpha value is -2.24. The molecule has 0 fully saturated rings. The molecule has 1 amide bonds. The van der Waals surface area contributed by atoms with Gasteiger partial charge >= 0.3 is 11.9 Å². The molecule has 0 saturated heterocycles. The van der Waals surface area contributed by atoms with Crippen molar-refractivity contribution >= 4 is 24.1 Å². The van der Waals surface area contributed by atoms with Gasteiger partial charge in [-0.3, -0.25) is 4.79 Å². The number of ether oxygens (including phenoxy) is 1. The van der Waals surface area contributed by atoms with Crippen LogP contribution in [0.5, 0.6) is 0 Å². The van der Waals surface area contributed by atoms with Crippen molar-refractivity contribution in [2.75, 3.05) is 6.61 Å². The van der Waals surface area contributed by atoms with Crippen molar-refractivity contribution < 1.29 is 64.8 Å². The normalized spacial score (nSPS) is 20.5. The van der Waals surface area contributed by atoms with Gasteiger partial charge in [0, 0.05) is 0 Å². The zero-order valence-corrected chi connectivity index (χ0v) is 15.7. The van der Waals surface area contributed by atoms with E-state index in [4.69, 9.17) is 25.8 Å². The van der Waals surface area contributed by atoms with E-state index in [1.165, 1.54) is 0 Å². The Bertz CT molecular complexity index is 603. The molecule has 0 saturated carbocycles.